The number of carbonyl (C=O) groups excluding carboxylic acids is 1. The van der Waals surface area contributed by atoms with Crippen LogP contribution < -0.4 is 0 Å². The lowest BCUT2D eigenvalue weighted by molar-refractivity contribution is -0.123. The van der Waals surface area contributed by atoms with Crippen LogP contribution in [0.5, 0.6) is 0 Å². The molecule has 1 fully saturated rings. The van der Waals surface area contributed by atoms with E-state index in [1.807, 2.05) is 20.8 Å². The van der Waals surface area contributed by atoms with Crippen molar-refractivity contribution in [2.24, 2.45) is 5.41 Å². The summed E-state index contributed by atoms with van der Waals surface area (Å²) in [5, 5.41) is 0.293. The van der Waals surface area contributed by atoms with Gasteiger partial charge in [0.2, 0.25) is 0 Å². The maximum atomic E-state index is 11.8. The second-order valence-corrected chi connectivity index (χ2v) is 6.82. The molecule has 0 aromatic carbocycles. The molecule has 2 nitrogen and oxygen atoms in total. The quantitative estimate of drug-likeness (QED) is 0.725. The second kappa shape index (κ2) is 4.56. The monoisotopic (exact) mass is 216 g/mol. The fraction of sp³-hybridized carbons (Fsp3) is 0.909. The molecule has 0 radical (unpaired) electrons. The predicted octanol–water partition coefficient (Wildman–Crippen LogP) is 2.29. The lowest BCUT2D eigenvalue weighted by Crippen LogP contribution is -2.28. The molecule has 14 heavy (non-hydrogen) atoms. The summed E-state index contributed by atoms with van der Waals surface area (Å²) in [5.41, 5.74) is -0.339. The van der Waals surface area contributed by atoms with Gasteiger partial charge in [0.1, 0.15) is 0 Å². The number of ketones is 1. The average Bonchev–Trinajstić information content (AvgIpc) is 2.53. The summed E-state index contributed by atoms with van der Waals surface area (Å²) < 4.78 is 11.8. The van der Waals surface area contributed by atoms with Crippen LogP contribution in [-0.2, 0) is 15.6 Å². The maximum absolute atomic E-state index is 11.8. The summed E-state index contributed by atoms with van der Waals surface area (Å²) in [4.78, 5) is 11.6. The van der Waals surface area contributed by atoms with Crippen molar-refractivity contribution in [3.8, 4) is 0 Å². The molecule has 0 amide bonds. The maximum Gasteiger partial charge on any atom is 0.150 e. The minimum absolute atomic E-state index is 0.128. The molecule has 0 aromatic heterocycles. The molecule has 1 aliphatic carbocycles. The van der Waals surface area contributed by atoms with Crippen molar-refractivity contribution < 1.29 is 9.00 Å². The van der Waals surface area contributed by atoms with E-state index in [4.69, 9.17) is 0 Å². The Morgan fingerprint density at radius 3 is 2.21 bits per heavy atom. The third-order valence-corrected chi connectivity index (χ3v) is 4.55. The van der Waals surface area contributed by atoms with Crippen LogP contribution in [0, 0.1) is 5.41 Å². The first-order valence-electron chi connectivity index (χ1n) is 5.32. The number of hydrogen-bond acceptors (Lipinski definition) is 2. The minimum Gasteiger partial charge on any atom is -0.298 e. The lowest BCUT2D eigenvalue weighted by atomic mass is 9.92. The minimum atomic E-state index is -0.921. The van der Waals surface area contributed by atoms with Crippen LogP contribution in [0.4, 0.5) is 0 Å². The van der Waals surface area contributed by atoms with Gasteiger partial charge < -0.3 is 0 Å². The highest BCUT2D eigenvalue weighted by atomic mass is 32.2. The van der Waals surface area contributed by atoms with Crippen LogP contribution in [0.3, 0.4) is 0 Å². The number of rotatable bonds is 3. The molecular formula is C11H20O2S. The van der Waals surface area contributed by atoms with Crippen LogP contribution in [0.15, 0.2) is 0 Å². The number of hydrogen-bond donors (Lipinski definition) is 0. The summed E-state index contributed by atoms with van der Waals surface area (Å²) in [5.74, 6) is 0.386. The van der Waals surface area contributed by atoms with Gasteiger partial charge in [0.05, 0.1) is 5.75 Å². The van der Waals surface area contributed by atoms with Gasteiger partial charge in [-0.15, -0.1) is 0 Å². The highest BCUT2D eigenvalue weighted by Gasteiger charge is 2.27. The van der Waals surface area contributed by atoms with E-state index in [1.54, 1.807) is 0 Å². The molecule has 0 spiro atoms. The molecule has 0 heterocycles. The Hall–Kier alpha value is -0.180. The van der Waals surface area contributed by atoms with Gasteiger partial charge in [-0.25, -0.2) is 0 Å². The lowest BCUT2D eigenvalue weighted by Gasteiger charge is -2.17. The Kier molecular flexibility index (Phi) is 3.87. The molecule has 1 rings (SSSR count). The van der Waals surface area contributed by atoms with Crippen molar-refractivity contribution in [3.63, 3.8) is 0 Å². The normalized spacial score (nSPS) is 21.1. The number of carbonyl (C=O) groups is 1. The first kappa shape index (κ1) is 11.9. The molecule has 82 valence electrons. The Labute approximate surface area is 88.9 Å². The SMILES string of the molecule is CC(C)(C)C(=O)CS(=O)C1CCCC1. The van der Waals surface area contributed by atoms with Crippen molar-refractivity contribution >= 4 is 16.6 Å². The fourth-order valence-corrected chi connectivity index (χ4v) is 3.40. The molecular weight excluding hydrogens is 196 g/mol. The molecule has 0 aromatic rings. The first-order valence-corrected chi connectivity index (χ1v) is 6.70. The van der Waals surface area contributed by atoms with E-state index in [-0.39, 0.29) is 17.0 Å². The second-order valence-electron chi connectivity index (χ2n) is 5.10. The summed E-state index contributed by atoms with van der Waals surface area (Å²) in [7, 11) is -0.921. The molecule has 0 aliphatic heterocycles. The third kappa shape index (κ3) is 3.19. The van der Waals surface area contributed by atoms with E-state index in [2.05, 4.69) is 0 Å². The van der Waals surface area contributed by atoms with Crippen LogP contribution in [0.2, 0.25) is 0 Å². The molecule has 1 aliphatic rings. The molecule has 0 N–H and O–H groups in total. The Balaban J connectivity index is 2.44. The van der Waals surface area contributed by atoms with E-state index in [1.165, 1.54) is 12.8 Å². The molecule has 1 atom stereocenters. The summed E-state index contributed by atoms with van der Waals surface area (Å²) in [6.07, 6.45) is 4.45. The van der Waals surface area contributed by atoms with Gasteiger partial charge in [0, 0.05) is 21.5 Å². The summed E-state index contributed by atoms with van der Waals surface area (Å²) in [6, 6.07) is 0. The van der Waals surface area contributed by atoms with E-state index < -0.39 is 10.8 Å². The standard InChI is InChI=1S/C11H20O2S/c1-11(2,3)10(12)8-14(13)9-6-4-5-7-9/h9H,4-8H2,1-3H3. The van der Waals surface area contributed by atoms with Gasteiger partial charge >= 0.3 is 0 Å². The Bertz CT molecular complexity index is 234. The van der Waals surface area contributed by atoms with Crippen LogP contribution in [0.1, 0.15) is 46.5 Å². The Morgan fingerprint density at radius 2 is 1.79 bits per heavy atom. The van der Waals surface area contributed by atoms with E-state index in [9.17, 15) is 9.00 Å². The van der Waals surface area contributed by atoms with Crippen molar-refractivity contribution in [2.45, 2.75) is 51.7 Å². The van der Waals surface area contributed by atoms with Crippen molar-refractivity contribution in [1.82, 2.24) is 0 Å². The fourth-order valence-electron chi connectivity index (χ4n) is 1.61. The zero-order valence-corrected chi connectivity index (χ0v) is 10.2. The van der Waals surface area contributed by atoms with E-state index >= 15 is 0 Å². The van der Waals surface area contributed by atoms with E-state index in [0.717, 1.165) is 12.8 Å². The average molecular weight is 216 g/mol. The topological polar surface area (TPSA) is 34.1 Å². The highest BCUT2D eigenvalue weighted by molar-refractivity contribution is 7.86. The van der Waals surface area contributed by atoms with Crippen molar-refractivity contribution in [3.05, 3.63) is 0 Å². The number of Topliss-reactive ketones (excluding diaryl/α,β-unsaturated/α-hetero) is 1. The van der Waals surface area contributed by atoms with Gasteiger partial charge in [-0.2, -0.15) is 0 Å². The van der Waals surface area contributed by atoms with Crippen LogP contribution in [-0.4, -0.2) is 21.0 Å². The van der Waals surface area contributed by atoms with E-state index in [0.29, 0.717) is 5.25 Å². The molecule has 0 bridgehead atoms. The predicted molar refractivity (Wildman–Crippen MR) is 59.7 cm³/mol. The van der Waals surface area contributed by atoms with Gasteiger partial charge in [-0.05, 0) is 12.8 Å². The van der Waals surface area contributed by atoms with Crippen LogP contribution in [0.25, 0.3) is 0 Å². The van der Waals surface area contributed by atoms with Gasteiger partial charge in [0.25, 0.3) is 0 Å². The van der Waals surface area contributed by atoms with Crippen LogP contribution >= 0.6 is 0 Å². The zero-order valence-electron chi connectivity index (χ0n) is 9.34. The summed E-state index contributed by atoms with van der Waals surface area (Å²) >= 11 is 0. The van der Waals surface area contributed by atoms with Gasteiger partial charge in [-0.3, -0.25) is 9.00 Å². The van der Waals surface area contributed by atoms with Gasteiger partial charge in [-0.1, -0.05) is 33.6 Å². The molecule has 1 unspecified atom stereocenters. The molecule has 3 heteroatoms. The third-order valence-electron chi connectivity index (χ3n) is 2.78. The Morgan fingerprint density at radius 1 is 1.29 bits per heavy atom. The zero-order chi connectivity index (χ0) is 10.8. The first-order chi connectivity index (χ1) is 6.41. The largest absolute Gasteiger partial charge is 0.298 e. The smallest absolute Gasteiger partial charge is 0.150 e. The van der Waals surface area contributed by atoms with Crippen molar-refractivity contribution in [2.75, 3.05) is 5.75 Å². The van der Waals surface area contributed by atoms with Crippen molar-refractivity contribution in [1.29, 1.82) is 0 Å². The highest BCUT2D eigenvalue weighted by Crippen LogP contribution is 2.24. The molecule has 1 saturated carbocycles. The summed E-state index contributed by atoms with van der Waals surface area (Å²) in [6.45, 7) is 5.67. The van der Waals surface area contributed by atoms with Gasteiger partial charge in [0.15, 0.2) is 5.78 Å². The molecule has 0 saturated heterocycles.